The highest BCUT2D eigenvalue weighted by Crippen LogP contribution is 2.31. The van der Waals surface area contributed by atoms with Gasteiger partial charge in [0, 0.05) is 39.0 Å². The Labute approximate surface area is 184 Å². The van der Waals surface area contributed by atoms with Gasteiger partial charge in [0.1, 0.15) is 0 Å². The number of hydrogen-bond acceptors (Lipinski definition) is 5. The third-order valence-electron chi connectivity index (χ3n) is 5.13. The maximum absolute atomic E-state index is 13.2. The lowest BCUT2D eigenvalue weighted by Gasteiger charge is -2.35. The number of sulfonamides is 1. The Morgan fingerprint density at radius 2 is 1.62 bits per heavy atom. The fraction of sp³-hybridized carbons (Fsp3) is 0.381. The molecular formula is C21H23F3N2O5S. The van der Waals surface area contributed by atoms with E-state index < -0.39 is 27.7 Å². The highest BCUT2D eigenvalue weighted by atomic mass is 32.2. The highest BCUT2D eigenvalue weighted by Gasteiger charge is 2.32. The fourth-order valence-corrected chi connectivity index (χ4v) is 5.14. The summed E-state index contributed by atoms with van der Waals surface area (Å²) in [6, 6.07) is 9.17. The van der Waals surface area contributed by atoms with Gasteiger partial charge in [-0.05, 0) is 47.5 Å². The van der Waals surface area contributed by atoms with Crippen LogP contribution >= 0.6 is 0 Å². The van der Waals surface area contributed by atoms with Crippen LogP contribution in [0.15, 0.2) is 47.4 Å². The normalized spacial score (nSPS) is 15.7. The molecule has 1 aliphatic rings. The predicted octanol–water partition coefficient (Wildman–Crippen LogP) is 2.99. The molecule has 0 aliphatic carbocycles. The Kier molecular flexibility index (Phi) is 7.11. The average Bonchev–Trinajstić information content (AvgIpc) is 2.73. The standard InChI is InChI=1S/C21H23F3N2O5S/c1-31-14-16-10-15(13-20(27)28)11-19(12-16)32(29,30)26-8-6-25(7-9-26)18-4-2-17(3-5-18)21(22,23)24/h2-5,10-12H,6-9,13-14H2,1H3,(H,27,28). The summed E-state index contributed by atoms with van der Waals surface area (Å²) in [5.74, 6) is -1.08. The van der Waals surface area contributed by atoms with E-state index in [1.165, 1.54) is 35.7 Å². The maximum atomic E-state index is 13.2. The van der Waals surface area contributed by atoms with E-state index in [9.17, 15) is 26.4 Å². The first-order valence-corrected chi connectivity index (χ1v) is 11.2. The summed E-state index contributed by atoms with van der Waals surface area (Å²) < 4.78 is 71.0. The molecular weight excluding hydrogens is 449 g/mol. The molecule has 1 aliphatic heterocycles. The zero-order chi connectivity index (χ0) is 23.5. The molecule has 2 aromatic rings. The first kappa shape index (κ1) is 24.0. The number of benzene rings is 2. The number of ether oxygens (including phenoxy) is 1. The predicted molar refractivity (Wildman–Crippen MR) is 111 cm³/mol. The minimum Gasteiger partial charge on any atom is -0.481 e. The molecule has 174 valence electrons. The van der Waals surface area contributed by atoms with Gasteiger partial charge >= 0.3 is 12.1 Å². The Morgan fingerprint density at radius 3 is 2.16 bits per heavy atom. The summed E-state index contributed by atoms with van der Waals surface area (Å²) in [4.78, 5) is 12.9. The van der Waals surface area contributed by atoms with Crippen molar-refractivity contribution in [1.29, 1.82) is 0 Å². The largest absolute Gasteiger partial charge is 0.481 e. The topological polar surface area (TPSA) is 87.1 Å². The Morgan fingerprint density at radius 1 is 1.03 bits per heavy atom. The number of piperazine rings is 1. The summed E-state index contributed by atoms with van der Waals surface area (Å²) in [6.07, 6.45) is -4.73. The lowest BCUT2D eigenvalue weighted by molar-refractivity contribution is -0.138. The molecule has 32 heavy (non-hydrogen) atoms. The average molecular weight is 472 g/mol. The second kappa shape index (κ2) is 9.47. The molecule has 0 radical (unpaired) electrons. The minimum atomic E-state index is -4.41. The third kappa shape index (κ3) is 5.59. The fourth-order valence-electron chi connectivity index (χ4n) is 3.60. The van der Waals surface area contributed by atoms with Gasteiger partial charge < -0.3 is 14.7 Å². The van der Waals surface area contributed by atoms with Gasteiger partial charge in [-0.2, -0.15) is 17.5 Å². The lowest BCUT2D eigenvalue weighted by atomic mass is 10.1. The van der Waals surface area contributed by atoms with Crippen molar-refractivity contribution in [2.24, 2.45) is 0 Å². The van der Waals surface area contributed by atoms with Crippen LogP contribution in [-0.4, -0.2) is 57.1 Å². The number of methoxy groups -OCH3 is 1. The number of halogens is 3. The van der Waals surface area contributed by atoms with Crippen molar-refractivity contribution in [3.63, 3.8) is 0 Å². The van der Waals surface area contributed by atoms with E-state index in [-0.39, 0.29) is 31.0 Å². The van der Waals surface area contributed by atoms with Gasteiger partial charge in [0.25, 0.3) is 0 Å². The van der Waals surface area contributed by atoms with E-state index in [0.717, 1.165) is 12.1 Å². The summed E-state index contributed by atoms with van der Waals surface area (Å²) >= 11 is 0. The smallest absolute Gasteiger partial charge is 0.416 e. The number of anilines is 1. The summed E-state index contributed by atoms with van der Waals surface area (Å²) in [6.45, 7) is 1.05. The lowest BCUT2D eigenvalue weighted by Crippen LogP contribution is -2.48. The van der Waals surface area contributed by atoms with Crippen molar-refractivity contribution in [2.45, 2.75) is 24.1 Å². The van der Waals surface area contributed by atoms with Gasteiger partial charge in [0.15, 0.2) is 0 Å². The number of rotatable bonds is 7. The van der Waals surface area contributed by atoms with Gasteiger partial charge in [0.2, 0.25) is 10.0 Å². The zero-order valence-electron chi connectivity index (χ0n) is 17.3. The second-order valence-electron chi connectivity index (χ2n) is 7.42. The molecule has 1 heterocycles. The van der Waals surface area contributed by atoms with E-state index in [1.807, 2.05) is 4.90 Å². The monoisotopic (exact) mass is 472 g/mol. The molecule has 11 heteroatoms. The van der Waals surface area contributed by atoms with Crippen LogP contribution in [0, 0.1) is 0 Å². The number of alkyl halides is 3. The van der Waals surface area contributed by atoms with Crippen LogP contribution in [0.1, 0.15) is 16.7 Å². The van der Waals surface area contributed by atoms with Crippen LogP contribution in [-0.2, 0) is 38.8 Å². The molecule has 1 saturated heterocycles. The molecule has 3 rings (SSSR count). The van der Waals surface area contributed by atoms with Crippen molar-refractivity contribution >= 4 is 21.7 Å². The number of aliphatic carboxylic acids is 1. The first-order valence-electron chi connectivity index (χ1n) is 9.76. The number of nitrogens with zero attached hydrogens (tertiary/aromatic N) is 2. The molecule has 2 aromatic carbocycles. The van der Waals surface area contributed by atoms with Crippen LogP contribution in [0.3, 0.4) is 0 Å². The van der Waals surface area contributed by atoms with Crippen LogP contribution in [0.4, 0.5) is 18.9 Å². The Bertz CT molecular complexity index is 1060. The van der Waals surface area contributed by atoms with Crippen LogP contribution < -0.4 is 4.90 Å². The molecule has 0 atom stereocenters. The van der Waals surface area contributed by atoms with Crippen molar-refractivity contribution in [1.82, 2.24) is 4.31 Å². The first-order chi connectivity index (χ1) is 15.0. The van der Waals surface area contributed by atoms with Crippen LogP contribution in [0.2, 0.25) is 0 Å². The summed E-state index contributed by atoms with van der Waals surface area (Å²) in [7, 11) is -2.43. The van der Waals surface area contributed by atoms with Gasteiger partial charge in [0.05, 0.1) is 23.5 Å². The second-order valence-corrected chi connectivity index (χ2v) is 9.36. The maximum Gasteiger partial charge on any atom is 0.416 e. The quantitative estimate of drug-likeness (QED) is 0.667. The molecule has 0 spiro atoms. The number of hydrogen-bond donors (Lipinski definition) is 1. The van der Waals surface area contributed by atoms with E-state index in [1.54, 1.807) is 6.07 Å². The van der Waals surface area contributed by atoms with Gasteiger partial charge in [-0.3, -0.25) is 4.79 Å². The minimum absolute atomic E-state index is 0.00807. The molecule has 0 aromatic heterocycles. The van der Waals surface area contributed by atoms with Gasteiger partial charge in [-0.1, -0.05) is 6.07 Å². The van der Waals surface area contributed by atoms with E-state index >= 15 is 0 Å². The molecule has 0 bridgehead atoms. The van der Waals surface area contributed by atoms with Crippen molar-refractivity contribution in [3.05, 3.63) is 59.2 Å². The van der Waals surface area contributed by atoms with Gasteiger partial charge in [-0.25, -0.2) is 8.42 Å². The van der Waals surface area contributed by atoms with E-state index in [2.05, 4.69) is 0 Å². The number of carbonyl (C=O) groups is 1. The summed E-state index contributed by atoms with van der Waals surface area (Å²) in [5, 5.41) is 9.07. The van der Waals surface area contributed by atoms with Crippen molar-refractivity contribution in [3.8, 4) is 0 Å². The molecule has 0 unspecified atom stereocenters. The van der Waals surface area contributed by atoms with Crippen LogP contribution in [0.5, 0.6) is 0 Å². The van der Waals surface area contributed by atoms with Gasteiger partial charge in [-0.15, -0.1) is 0 Å². The van der Waals surface area contributed by atoms with Crippen molar-refractivity contribution < 1.29 is 36.2 Å². The molecule has 0 saturated carbocycles. The number of carboxylic acid groups (broad SMARTS) is 1. The zero-order valence-corrected chi connectivity index (χ0v) is 18.1. The highest BCUT2D eigenvalue weighted by molar-refractivity contribution is 7.89. The van der Waals surface area contributed by atoms with E-state index in [0.29, 0.717) is 29.9 Å². The van der Waals surface area contributed by atoms with Crippen LogP contribution in [0.25, 0.3) is 0 Å². The van der Waals surface area contributed by atoms with Crippen molar-refractivity contribution in [2.75, 3.05) is 38.2 Å². The SMILES string of the molecule is COCc1cc(CC(=O)O)cc(S(=O)(=O)N2CCN(c3ccc(C(F)(F)F)cc3)CC2)c1. The number of carboxylic acids is 1. The summed E-state index contributed by atoms with van der Waals surface area (Å²) in [5.41, 5.74) is 0.749. The molecule has 1 N–H and O–H groups in total. The van der Waals surface area contributed by atoms with E-state index in [4.69, 9.17) is 9.84 Å². The Balaban J connectivity index is 1.75. The Hall–Kier alpha value is -2.63. The molecule has 7 nitrogen and oxygen atoms in total. The molecule has 0 amide bonds. The third-order valence-corrected chi connectivity index (χ3v) is 7.01. The molecule has 1 fully saturated rings.